The van der Waals surface area contributed by atoms with Crippen molar-refractivity contribution in [1.29, 1.82) is 0 Å². The van der Waals surface area contributed by atoms with E-state index in [1.165, 1.54) is 0 Å². The van der Waals surface area contributed by atoms with Gasteiger partial charge in [-0.25, -0.2) is 0 Å². The third-order valence-electron chi connectivity index (χ3n) is 2.39. The zero-order valence-corrected chi connectivity index (χ0v) is 10.4. The molecule has 0 radical (unpaired) electrons. The van der Waals surface area contributed by atoms with Crippen molar-refractivity contribution < 1.29 is 18.7 Å². The third kappa shape index (κ3) is 5.79. The van der Waals surface area contributed by atoms with Crippen LogP contribution in [-0.4, -0.2) is 30.3 Å². The Morgan fingerprint density at radius 2 is 2.20 bits per heavy atom. The lowest BCUT2D eigenvalue weighted by Gasteiger charge is -2.14. The molecule has 0 aromatic rings. The van der Waals surface area contributed by atoms with E-state index in [1.54, 1.807) is 0 Å². The minimum absolute atomic E-state index is 0.131. The Labute approximate surface area is 92.9 Å². The monoisotopic (exact) mass is 236 g/mol. The summed E-state index contributed by atoms with van der Waals surface area (Å²) in [4.78, 5) is 9.37. The highest BCUT2D eigenvalue weighted by Crippen LogP contribution is 2.34. The highest BCUT2D eigenvalue weighted by Gasteiger charge is 2.23. The Morgan fingerprint density at radius 3 is 2.80 bits per heavy atom. The zero-order chi connectivity index (χ0) is 11.1. The van der Waals surface area contributed by atoms with Crippen molar-refractivity contribution in [2.24, 2.45) is 0 Å². The molecule has 3 unspecified atom stereocenters. The van der Waals surface area contributed by atoms with Crippen LogP contribution in [0.2, 0.25) is 0 Å². The van der Waals surface area contributed by atoms with E-state index in [1.807, 2.05) is 0 Å². The Balaban J connectivity index is 1.98. The van der Waals surface area contributed by atoms with Gasteiger partial charge in [0.15, 0.2) is 0 Å². The van der Waals surface area contributed by atoms with Crippen molar-refractivity contribution >= 4 is 8.60 Å². The summed E-state index contributed by atoms with van der Waals surface area (Å²) in [5, 5.41) is 0. The maximum atomic E-state index is 9.37. The molecule has 1 rings (SSSR count). The Morgan fingerprint density at radius 1 is 1.40 bits per heavy atom. The number of unbranched alkanes of at least 4 members (excludes halogenated alkanes) is 1. The molecule has 1 saturated heterocycles. The van der Waals surface area contributed by atoms with Crippen LogP contribution in [0.3, 0.4) is 0 Å². The first-order valence-corrected chi connectivity index (χ1v) is 6.75. The minimum Gasteiger partial charge on any atom is -0.373 e. The smallest absolute Gasteiger partial charge is 0.329 e. The first kappa shape index (κ1) is 13.3. The number of hydrogen-bond donors (Lipinski definition) is 1. The predicted molar refractivity (Wildman–Crippen MR) is 59.5 cm³/mol. The van der Waals surface area contributed by atoms with Gasteiger partial charge in [0.1, 0.15) is 0 Å². The second kappa shape index (κ2) is 7.53. The molecule has 1 heterocycles. The molecule has 0 bridgehead atoms. The molecule has 1 aliphatic heterocycles. The molecule has 0 aliphatic carbocycles. The van der Waals surface area contributed by atoms with E-state index in [9.17, 15) is 4.89 Å². The average Bonchev–Trinajstić information content (AvgIpc) is 2.62. The van der Waals surface area contributed by atoms with Gasteiger partial charge in [-0.3, -0.25) is 0 Å². The lowest BCUT2D eigenvalue weighted by molar-refractivity contribution is 0.0213. The topological polar surface area (TPSA) is 47.9 Å². The Hall–Kier alpha value is 0.270. The largest absolute Gasteiger partial charge is 0.373 e. The summed E-state index contributed by atoms with van der Waals surface area (Å²) in [5.41, 5.74) is 0. The molecule has 3 atom stereocenters. The molecule has 0 aromatic heterocycles. The van der Waals surface area contributed by atoms with Gasteiger partial charge in [-0.15, -0.1) is 0 Å². The number of ether oxygens (including phenoxy) is 1. The lowest BCUT2D eigenvalue weighted by Crippen LogP contribution is -2.14. The molecule has 1 fully saturated rings. The van der Waals surface area contributed by atoms with E-state index in [0.717, 1.165) is 25.7 Å². The summed E-state index contributed by atoms with van der Waals surface area (Å²) >= 11 is 0. The molecule has 1 aliphatic rings. The van der Waals surface area contributed by atoms with E-state index < -0.39 is 8.60 Å². The summed E-state index contributed by atoms with van der Waals surface area (Å²) in [6.45, 7) is 5.15. The zero-order valence-electron chi connectivity index (χ0n) is 9.52. The fraction of sp³-hybridized carbons (Fsp3) is 1.00. The molecular formula is C10H21O4P. The average molecular weight is 236 g/mol. The Bertz CT molecular complexity index is 168. The van der Waals surface area contributed by atoms with Crippen molar-refractivity contribution in [3.8, 4) is 0 Å². The summed E-state index contributed by atoms with van der Waals surface area (Å²) in [7, 11) is -1.70. The molecule has 0 spiro atoms. The minimum atomic E-state index is -1.70. The molecule has 15 heavy (non-hydrogen) atoms. The van der Waals surface area contributed by atoms with E-state index >= 15 is 0 Å². The summed E-state index contributed by atoms with van der Waals surface area (Å²) in [6.07, 6.45) is 4.57. The molecule has 0 saturated carbocycles. The third-order valence-corrected chi connectivity index (χ3v) is 3.16. The lowest BCUT2D eigenvalue weighted by atomic mass is 10.2. The molecular weight excluding hydrogens is 215 g/mol. The fourth-order valence-corrected chi connectivity index (χ4v) is 2.13. The molecule has 4 nitrogen and oxygen atoms in total. The van der Waals surface area contributed by atoms with E-state index in [2.05, 4.69) is 13.8 Å². The van der Waals surface area contributed by atoms with Gasteiger partial charge in [0.2, 0.25) is 0 Å². The Kier molecular flexibility index (Phi) is 6.69. The summed E-state index contributed by atoms with van der Waals surface area (Å²) in [5.74, 6) is 0. The van der Waals surface area contributed by atoms with Gasteiger partial charge in [-0.05, 0) is 26.2 Å². The van der Waals surface area contributed by atoms with Crippen molar-refractivity contribution in [2.45, 2.75) is 51.7 Å². The van der Waals surface area contributed by atoms with Crippen LogP contribution in [0.15, 0.2) is 0 Å². The molecule has 1 N–H and O–H groups in total. The predicted octanol–water partition coefficient (Wildman–Crippen LogP) is 2.61. The first-order valence-electron chi connectivity index (χ1n) is 5.62. The van der Waals surface area contributed by atoms with E-state index in [4.69, 9.17) is 13.8 Å². The second-order valence-corrected chi connectivity index (χ2v) is 4.86. The summed E-state index contributed by atoms with van der Waals surface area (Å²) in [6, 6.07) is 0. The van der Waals surface area contributed by atoms with Gasteiger partial charge in [0.25, 0.3) is 0 Å². The van der Waals surface area contributed by atoms with Crippen LogP contribution < -0.4 is 0 Å². The molecule has 90 valence electrons. The second-order valence-electron chi connectivity index (χ2n) is 3.87. The van der Waals surface area contributed by atoms with Crippen LogP contribution in [-0.2, 0) is 13.8 Å². The van der Waals surface area contributed by atoms with Gasteiger partial charge >= 0.3 is 8.60 Å². The maximum Gasteiger partial charge on any atom is 0.329 e. The maximum absolute atomic E-state index is 9.37. The molecule has 5 heteroatoms. The van der Waals surface area contributed by atoms with Crippen LogP contribution in [0, 0.1) is 0 Å². The van der Waals surface area contributed by atoms with Crippen molar-refractivity contribution in [3.63, 3.8) is 0 Å². The highest BCUT2D eigenvalue weighted by molar-refractivity contribution is 7.40. The molecule has 0 amide bonds. The fourth-order valence-electron chi connectivity index (χ4n) is 1.48. The van der Waals surface area contributed by atoms with Gasteiger partial charge in [-0.2, -0.15) is 0 Å². The van der Waals surface area contributed by atoms with Crippen molar-refractivity contribution in [2.75, 3.05) is 13.2 Å². The van der Waals surface area contributed by atoms with Crippen LogP contribution in [0.25, 0.3) is 0 Å². The molecule has 0 aromatic carbocycles. The van der Waals surface area contributed by atoms with Crippen LogP contribution >= 0.6 is 8.60 Å². The van der Waals surface area contributed by atoms with Gasteiger partial charge in [-0.1, -0.05) is 13.3 Å². The standard InChI is InChI=1S/C10H21O4P/c1-3-4-7-12-15(11)13-8-10-6-5-9(2)14-10/h9-11H,3-8H2,1-2H3. The SMILES string of the molecule is CCCCOP(O)OCC1CCC(C)O1. The van der Waals surface area contributed by atoms with Crippen LogP contribution in [0.1, 0.15) is 39.5 Å². The van der Waals surface area contributed by atoms with E-state index in [0.29, 0.717) is 19.3 Å². The van der Waals surface area contributed by atoms with Gasteiger partial charge < -0.3 is 18.7 Å². The summed E-state index contributed by atoms with van der Waals surface area (Å²) < 4.78 is 15.9. The normalized spacial score (nSPS) is 28.2. The van der Waals surface area contributed by atoms with Crippen LogP contribution in [0.4, 0.5) is 0 Å². The highest BCUT2D eigenvalue weighted by atomic mass is 31.2. The van der Waals surface area contributed by atoms with Gasteiger partial charge in [0, 0.05) is 0 Å². The van der Waals surface area contributed by atoms with Crippen molar-refractivity contribution in [1.82, 2.24) is 0 Å². The van der Waals surface area contributed by atoms with Crippen molar-refractivity contribution in [3.05, 3.63) is 0 Å². The number of rotatable bonds is 7. The quantitative estimate of drug-likeness (QED) is 0.545. The van der Waals surface area contributed by atoms with E-state index in [-0.39, 0.29) is 6.10 Å². The van der Waals surface area contributed by atoms with Gasteiger partial charge in [0.05, 0.1) is 25.4 Å². The number of hydrogen-bond acceptors (Lipinski definition) is 4. The first-order chi connectivity index (χ1) is 7.22. The van der Waals surface area contributed by atoms with Crippen LogP contribution in [0.5, 0.6) is 0 Å².